The molecule has 2 aromatic carbocycles. The summed E-state index contributed by atoms with van der Waals surface area (Å²) in [4.78, 5) is 27.0. The van der Waals surface area contributed by atoms with E-state index in [2.05, 4.69) is 41.9 Å². The summed E-state index contributed by atoms with van der Waals surface area (Å²) in [6.07, 6.45) is 4.18. The van der Waals surface area contributed by atoms with Crippen molar-refractivity contribution in [2.24, 2.45) is 0 Å². The molecule has 29 heavy (non-hydrogen) atoms. The number of benzene rings is 2. The van der Waals surface area contributed by atoms with Gasteiger partial charge in [-0.15, -0.1) is 0 Å². The molecule has 2 unspecified atom stereocenters. The van der Waals surface area contributed by atoms with E-state index in [4.69, 9.17) is 0 Å². The second-order valence-corrected chi connectivity index (χ2v) is 7.83. The van der Waals surface area contributed by atoms with Gasteiger partial charge in [0, 0.05) is 18.1 Å². The third-order valence-corrected chi connectivity index (χ3v) is 5.61. The van der Waals surface area contributed by atoms with E-state index in [9.17, 15) is 9.59 Å². The van der Waals surface area contributed by atoms with Gasteiger partial charge in [0.05, 0.1) is 6.04 Å². The van der Waals surface area contributed by atoms with Crippen LogP contribution in [0.1, 0.15) is 34.7 Å². The summed E-state index contributed by atoms with van der Waals surface area (Å²) < 4.78 is 0. The van der Waals surface area contributed by atoms with Crippen LogP contribution in [0.25, 0.3) is 0 Å². The molecule has 2 aromatic rings. The SMILES string of the molecule is Cc1ccc(C2CC3C(=O)N(CC(=O)Nc4c(C)cccc4C)C=CN3N2)cc1. The first-order chi connectivity index (χ1) is 13.9. The van der Waals surface area contributed by atoms with E-state index in [1.165, 1.54) is 10.5 Å². The molecule has 0 radical (unpaired) electrons. The van der Waals surface area contributed by atoms with Gasteiger partial charge in [0.1, 0.15) is 12.6 Å². The fourth-order valence-electron chi connectivity index (χ4n) is 3.93. The average molecular weight is 390 g/mol. The molecule has 0 saturated carbocycles. The van der Waals surface area contributed by atoms with Crippen LogP contribution in [0, 0.1) is 20.8 Å². The van der Waals surface area contributed by atoms with Gasteiger partial charge in [-0.05, 0) is 43.9 Å². The molecule has 6 heteroatoms. The number of carbonyl (C=O) groups is 2. The fourth-order valence-corrected chi connectivity index (χ4v) is 3.93. The van der Waals surface area contributed by atoms with Crippen LogP contribution in [0.5, 0.6) is 0 Å². The summed E-state index contributed by atoms with van der Waals surface area (Å²) in [5.41, 5.74) is 8.58. The lowest BCUT2D eigenvalue weighted by molar-refractivity contribution is -0.137. The van der Waals surface area contributed by atoms with Gasteiger partial charge in [-0.1, -0.05) is 48.0 Å². The largest absolute Gasteiger partial charge is 0.324 e. The summed E-state index contributed by atoms with van der Waals surface area (Å²) in [6.45, 7) is 5.98. The van der Waals surface area contributed by atoms with Crippen LogP contribution in [0.2, 0.25) is 0 Å². The first-order valence-corrected chi connectivity index (χ1v) is 9.88. The van der Waals surface area contributed by atoms with Crippen molar-refractivity contribution in [3.63, 3.8) is 0 Å². The number of hydrazine groups is 1. The quantitative estimate of drug-likeness (QED) is 0.842. The molecule has 6 nitrogen and oxygen atoms in total. The van der Waals surface area contributed by atoms with E-state index in [1.807, 2.05) is 43.3 Å². The number of aryl methyl sites for hydroxylation is 3. The molecule has 150 valence electrons. The van der Waals surface area contributed by atoms with Gasteiger partial charge in [-0.25, -0.2) is 5.43 Å². The van der Waals surface area contributed by atoms with Gasteiger partial charge in [0.15, 0.2) is 0 Å². The first-order valence-electron chi connectivity index (χ1n) is 9.88. The molecule has 2 aliphatic rings. The van der Waals surface area contributed by atoms with Crippen molar-refractivity contribution in [3.8, 4) is 0 Å². The molecule has 2 N–H and O–H groups in total. The summed E-state index contributed by atoms with van der Waals surface area (Å²) in [6, 6.07) is 14.0. The van der Waals surface area contributed by atoms with E-state index in [1.54, 1.807) is 6.20 Å². The molecule has 2 atom stereocenters. The lowest BCUT2D eigenvalue weighted by Gasteiger charge is -2.31. The number of anilines is 1. The Morgan fingerprint density at radius 3 is 2.45 bits per heavy atom. The molecule has 0 aliphatic carbocycles. The number of nitrogens with zero attached hydrogens (tertiary/aromatic N) is 2. The minimum absolute atomic E-state index is 0.00262. The molecule has 4 rings (SSSR count). The lowest BCUT2D eigenvalue weighted by atomic mass is 10.00. The van der Waals surface area contributed by atoms with E-state index in [0.29, 0.717) is 6.42 Å². The topological polar surface area (TPSA) is 64.7 Å². The molecule has 2 aliphatic heterocycles. The molecule has 1 fully saturated rings. The summed E-state index contributed by atoms with van der Waals surface area (Å²) in [5.74, 6) is -0.263. The average Bonchev–Trinajstić information content (AvgIpc) is 3.13. The van der Waals surface area contributed by atoms with Crippen molar-refractivity contribution in [2.75, 3.05) is 11.9 Å². The Hall–Kier alpha value is -3.12. The zero-order chi connectivity index (χ0) is 20.5. The zero-order valence-electron chi connectivity index (χ0n) is 17.0. The van der Waals surface area contributed by atoms with E-state index < -0.39 is 0 Å². The molecule has 2 heterocycles. The lowest BCUT2D eigenvalue weighted by Crippen LogP contribution is -2.49. The van der Waals surface area contributed by atoms with Crippen LogP contribution >= 0.6 is 0 Å². The van der Waals surface area contributed by atoms with Gasteiger partial charge in [0.2, 0.25) is 5.91 Å². The number of nitrogens with one attached hydrogen (secondary N) is 2. The van der Waals surface area contributed by atoms with E-state index in [0.717, 1.165) is 22.4 Å². The van der Waals surface area contributed by atoms with E-state index >= 15 is 0 Å². The zero-order valence-corrected chi connectivity index (χ0v) is 17.0. The predicted octanol–water partition coefficient (Wildman–Crippen LogP) is 3.18. The Balaban J connectivity index is 1.41. The summed E-state index contributed by atoms with van der Waals surface area (Å²) >= 11 is 0. The molecular formula is C23H26N4O2. The number of fused-ring (bicyclic) bond motifs is 1. The maximum atomic E-state index is 13.0. The van der Waals surface area contributed by atoms with Gasteiger partial charge in [-0.3, -0.25) is 9.59 Å². The Morgan fingerprint density at radius 1 is 1.07 bits per heavy atom. The van der Waals surface area contributed by atoms with Crippen molar-refractivity contribution in [1.29, 1.82) is 0 Å². The van der Waals surface area contributed by atoms with Crippen LogP contribution in [0.3, 0.4) is 0 Å². The fraction of sp³-hybridized carbons (Fsp3) is 0.304. The smallest absolute Gasteiger partial charge is 0.251 e. The molecule has 0 aromatic heterocycles. The highest BCUT2D eigenvalue weighted by molar-refractivity contribution is 5.97. The number of carbonyl (C=O) groups excluding carboxylic acids is 2. The third kappa shape index (κ3) is 3.89. The maximum Gasteiger partial charge on any atom is 0.251 e. The monoisotopic (exact) mass is 390 g/mol. The Kier molecular flexibility index (Phi) is 5.11. The number of rotatable bonds is 4. The Morgan fingerprint density at radius 2 is 1.76 bits per heavy atom. The van der Waals surface area contributed by atoms with Gasteiger partial charge < -0.3 is 15.2 Å². The van der Waals surface area contributed by atoms with Crippen LogP contribution in [-0.2, 0) is 9.59 Å². The normalized spacial score (nSPS) is 20.7. The second-order valence-electron chi connectivity index (χ2n) is 7.83. The minimum Gasteiger partial charge on any atom is -0.324 e. The summed E-state index contributed by atoms with van der Waals surface area (Å²) in [7, 11) is 0. The number of amides is 2. The molecule has 0 bridgehead atoms. The van der Waals surface area contributed by atoms with Gasteiger partial charge in [-0.2, -0.15) is 0 Å². The molecule has 1 saturated heterocycles. The maximum absolute atomic E-state index is 13.0. The minimum atomic E-state index is -0.306. The summed E-state index contributed by atoms with van der Waals surface area (Å²) in [5, 5.41) is 4.80. The van der Waals surface area contributed by atoms with Gasteiger partial charge in [0.25, 0.3) is 5.91 Å². The van der Waals surface area contributed by atoms with Crippen molar-refractivity contribution in [1.82, 2.24) is 15.3 Å². The molecule has 0 spiro atoms. The number of para-hydroxylation sites is 1. The third-order valence-electron chi connectivity index (χ3n) is 5.61. The Labute approximate surface area is 171 Å². The highest BCUT2D eigenvalue weighted by atomic mass is 16.2. The van der Waals surface area contributed by atoms with Crippen molar-refractivity contribution in [3.05, 3.63) is 77.1 Å². The first kappa shape index (κ1) is 19.2. The highest BCUT2D eigenvalue weighted by Gasteiger charge is 2.40. The van der Waals surface area contributed by atoms with Crippen molar-refractivity contribution in [2.45, 2.75) is 39.3 Å². The van der Waals surface area contributed by atoms with Gasteiger partial charge >= 0.3 is 0 Å². The van der Waals surface area contributed by atoms with Crippen LogP contribution in [0.15, 0.2) is 54.9 Å². The second kappa shape index (κ2) is 7.72. The van der Waals surface area contributed by atoms with Crippen LogP contribution < -0.4 is 10.7 Å². The number of hydrogen-bond donors (Lipinski definition) is 2. The predicted molar refractivity (Wildman–Crippen MR) is 113 cm³/mol. The standard InChI is InChI=1S/C23H26N4O2/c1-15-7-9-18(10-8-15)19-13-20-23(29)26(11-12-27(20)25-19)14-21(28)24-22-16(2)5-4-6-17(22)3/h4-12,19-20,25H,13-14H2,1-3H3,(H,24,28). The van der Waals surface area contributed by atoms with Crippen LogP contribution in [0.4, 0.5) is 5.69 Å². The molecular weight excluding hydrogens is 364 g/mol. The molecule has 2 amide bonds. The highest BCUT2D eigenvalue weighted by Crippen LogP contribution is 2.31. The van der Waals surface area contributed by atoms with Crippen LogP contribution in [-0.4, -0.2) is 34.3 Å². The van der Waals surface area contributed by atoms with Crippen molar-refractivity contribution >= 4 is 17.5 Å². The number of hydrogen-bond acceptors (Lipinski definition) is 4. The van der Waals surface area contributed by atoms with Crippen molar-refractivity contribution < 1.29 is 9.59 Å². The Bertz CT molecular complexity index is 947. The van der Waals surface area contributed by atoms with E-state index in [-0.39, 0.29) is 30.4 Å².